The van der Waals surface area contributed by atoms with Crippen LogP contribution in [0.2, 0.25) is 0 Å². The van der Waals surface area contributed by atoms with Crippen LogP contribution >= 0.6 is 0 Å². The molecule has 1 aromatic rings. The van der Waals surface area contributed by atoms with Gasteiger partial charge in [-0.15, -0.1) is 15.1 Å². The van der Waals surface area contributed by atoms with E-state index in [0.29, 0.717) is 10.9 Å². The summed E-state index contributed by atoms with van der Waals surface area (Å²) in [6.45, 7) is 0. The zero-order chi connectivity index (χ0) is 17.4. The Morgan fingerprint density at radius 2 is 1.83 bits per heavy atom. The lowest BCUT2D eigenvalue weighted by Gasteiger charge is -2.16. The first-order valence-electron chi connectivity index (χ1n) is 6.84. The van der Waals surface area contributed by atoms with Crippen LogP contribution in [0.3, 0.4) is 0 Å². The molecule has 0 bridgehead atoms. The second-order valence-corrected chi connectivity index (χ2v) is 5.01. The smallest absolute Gasteiger partial charge is 0.355 e. The SMILES string of the molecule is COC(=O)C1=NN(N=O)[C@@H]2C(=O)N(c3ccc(OC)cc3)C(=O)[C@@H]12. The molecule has 10 nitrogen and oxygen atoms in total. The molecule has 1 saturated heterocycles. The Kier molecular flexibility index (Phi) is 3.72. The summed E-state index contributed by atoms with van der Waals surface area (Å²) < 4.78 is 9.58. The number of ether oxygens (including phenoxy) is 2. The average Bonchev–Trinajstić information content (AvgIpc) is 3.11. The van der Waals surface area contributed by atoms with Crippen molar-refractivity contribution in [1.82, 2.24) is 5.12 Å². The highest BCUT2D eigenvalue weighted by molar-refractivity contribution is 6.46. The monoisotopic (exact) mass is 332 g/mol. The highest BCUT2D eigenvalue weighted by Crippen LogP contribution is 2.35. The normalized spacial score (nSPS) is 22.3. The van der Waals surface area contributed by atoms with Crippen molar-refractivity contribution in [3.05, 3.63) is 29.2 Å². The van der Waals surface area contributed by atoms with Crippen LogP contribution in [0.15, 0.2) is 34.7 Å². The maximum atomic E-state index is 12.7. The molecule has 0 aromatic heterocycles. The van der Waals surface area contributed by atoms with Gasteiger partial charge in [-0.05, 0) is 24.3 Å². The highest BCUT2D eigenvalue weighted by atomic mass is 16.5. The van der Waals surface area contributed by atoms with Gasteiger partial charge in [-0.2, -0.15) is 0 Å². The molecule has 0 radical (unpaired) electrons. The maximum Gasteiger partial charge on any atom is 0.355 e. The van der Waals surface area contributed by atoms with E-state index in [4.69, 9.17) is 4.74 Å². The number of methoxy groups -OCH3 is 2. The number of hydrazone groups is 1. The van der Waals surface area contributed by atoms with E-state index < -0.39 is 29.7 Å². The van der Waals surface area contributed by atoms with Gasteiger partial charge < -0.3 is 9.47 Å². The van der Waals surface area contributed by atoms with Crippen LogP contribution in [-0.2, 0) is 19.1 Å². The van der Waals surface area contributed by atoms with E-state index in [2.05, 4.69) is 15.1 Å². The van der Waals surface area contributed by atoms with Crippen molar-refractivity contribution in [1.29, 1.82) is 0 Å². The summed E-state index contributed by atoms with van der Waals surface area (Å²) in [4.78, 5) is 48.8. The Morgan fingerprint density at radius 3 is 2.38 bits per heavy atom. The summed E-state index contributed by atoms with van der Waals surface area (Å²) in [6.07, 6.45) is 0. The number of esters is 1. The van der Waals surface area contributed by atoms with Crippen molar-refractivity contribution < 1.29 is 23.9 Å². The number of benzene rings is 1. The lowest BCUT2D eigenvalue weighted by molar-refractivity contribution is -0.133. The Balaban J connectivity index is 2.00. The molecule has 0 N–H and O–H groups in total. The molecule has 0 unspecified atom stereocenters. The predicted octanol–water partition coefficient (Wildman–Crippen LogP) is 0.0792. The summed E-state index contributed by atoms with van der Waals surface area (Å²) >= 11 is 0. The summed E-state index contributed by atoms with van der Waals surface area (Å²) in [5.41, 5.74) is -0.0354. The van der Waals surface area contributed by atoms with Crippen LogP contribution in [0, 0.1) is 10.8 Å². The number of imide groups is 1. The Hall–Kier alpha value is -3.30. The molecule has 2 amide bonds. The highest BCUT2D eigenvalue weighted by Gasteiger charge is 2.59. The van der Waals surface area contributed by atoms with E-state index in [-0.39, 0.29) is 11.4 Å². The second kappa shape index (κ2) is 5.72. The van der Waals surface area contributed by atoms with E-state index in [1.54, 1.807) is 12.1 Å². The molecule has 0 spiro atoms. The van der Waals surface area contributed by atoms with E-state index in [1.807, 2.05) is 0 Å². The van der Waals surface area contributed by atoms with E-state index in [0.717, 1.165) is 12.0 Å². The summed E-state index contributed by atoms with van der Waals surface area (Å²) in [5, 5.41) is 6.76. The third-order valence-corrected chi connectivity index (χ3v) is 3.84. The molecule has 1 fully saturated rings. The van der Waals surface area contributed by atoms with Crippen molar-refractivity contribution in [3.8, 4) is 5.75 Å². The first-order valence-corrected chi connectivity index (χ1v) is 6.84. The average molecular weight is 332 g/mol. The summed E-state index contributed by atoms with van der Waals surface area (Å²) in [6, 6.07) is 4.91. The number of fused-ring (bicyclic) bond motifs is 1. The first kappa shape index (κ1) is 15.6. The summed E-state index contributed by atoms with van der Waals surface area (Å²) in [5.74, 6) is -2.95. The first-order chi connectivity index (χ1) is 11.5. The molecule has 10 heteroatoms. The molecule has 2 atom stereocenters. The van der Waals surface area contributed by atoms with Gasteiger partial charge in [-0.3, -0.25) is 9.59 Å². The number of rotatable bonds is 4. The molecule has 1 aromatic carbocycles. The van der Waals surface area contributed by atoms with Crippen LogP contribution in [0.25, 0.3) is 0 Å². The number of carbonyl (C=O) groups excluding carboxylic acids is 3. The molecule has 2 aliphatic rings. The number of nitroso groups, excluding NO2 is 1. The minimum absolute atomic E-state index is 0.287. The molecule has 0 saturated carbocycles. The van der Waals surface area contributed by atoms with Gasteiger partial charge >= 0.3 is 5.97 Å². The number of hydrogen-bond donors (Lipinski definition) is 0. The third-order valence-electron chi connectivity index (χ3n) is 3.84. The Bertz CT molecular complexity index is 759. The number of nitrogens with zero attached hydrogens (tertiary/aromatic N) is 4. The number of carbonyl (C=O) groups is 3. The van der Waals surface area contributed by atoms with Gasteiger partial charge in [0.25, 0.3) is 5.91 Å². The second-order valence-electron chi connectivity index (χ2n) is 5.01. The lowest BCUT2D eigenvalue weighted by atomic mass is 9.98. The predicted molar refractivity (Wildman–Crippen MR) is 79.9 cm³/mol. The topological polar surface area (TPSA) is 118 Å². The molecule has 124 valence electrons. The Morgan fingerprint density at radius 1 is 1.17 bits per heavy atom. The number of amides is 2. The van der Waals surface area contributed by atoms with Gasteiger partial charge in [0.1, 0.15) is 11.7 Å². The van der Waals surface area contributed by atoms with Crippen LogP contribution in [0.1, 0.15) is 0 Å². The molecule has 2 heterocycles. The molecule has 3 rings (SSSR count). The number of anilines is 1. The fourth-order valence-corrected chi connectivity index (χ4v) is 2.72. The largest absolute Gasteiger partial charge is 0.497 e. The molecular formula is C14H12N4O6. The van der Waals surface area contributed by atoms with Crippen molar-refractivity contribution in [2.75, 3.05) is 19.1 Å². The zero-order valence-corrected chi connectivity index (χ0v) is 12.7. The van der Waals surface area contributed by atoms with E-state index in [9.17, 15) is 19.3 Å². The van der Waals surface area contributed by atoms with E-state index in [1.165, 1.54) is 19.2 Å². The fraction of sp³-hybridized carbons (Fsp3) is 0.286. The maximum absolute atomic E-state index is 12.7. The van der Waals surface area contributed by atoms with Gasteiger partial charge in [-0.1, -0.05) is 0 Å². The van der Waals surface area contributed by atoms with Crippen LogP contribution in [-0.4, -0.2) is 48.9 Å². The lowest BCUT2D eigenvalue weighted by Crippen LogP contribution is -2.36. The summed E-state index contributed by atoms with van der Waals surface area (Å²) in [7, 11) is 2.59. The molecule has 2 aliphatic heterocycles. The quantitative estimate of drug-likeness (QED) is 0.435. The molecule has 24 heavy (non-hydrogen) atoms. The van der Waals surface area contributed by atoms with Crippen molar-refractivity contribution in [2.45, 2.75) is 6.04 Å². The zero-order valence-electron chi connectivity index (χ0n) is 12.7. The van der Waals surface area contributed by atoms with Crippen molar-refractivity contribution in [3.63, 3.8) is 0 Å². The molecular weight excluding hydrogens is 320 g/mol. The van der Waals surface area contributed by atoms with Crippen LogP contribution in [0.4, 0.5) is 5.69 Å². The number of hydrogen-bond acceptors (Lipinski definition) is 8. The minimum atomic E-state index is -1.29. The van der Waals surface area contributed by atoms with Crippen molar-refractivity contribution in [2.24, 2.45) is 16.3 Å². The Labute approximate surface area is 135 Å². The van der Waals surface area contributed by atoms with Gasteiger partial charge in [-0.25, -0.2) is 9.69 Å². The van der Waals surface area contributed by atoms with Crippen molar-refractivity contribution >= 4 is 29.2 Å². The van der Waals surface area contributed by atoms with E-state index >= 15 is 0 Å². The van der Waals surface area contributed by atoms with Gasteiger partial charge in [0, 0.05) is 0 Å². The van der Waals surface area contributed by atoms with Gasteiger partial charge in [0.15, 0.2) is 11.8 Å². The molecule has 0 aliphatic carbocycles. The third kappa shape index (κ3) is 2.11. The van der Waals surface area contributed by atoms with Gasteiger partial charge in [0.2, 0.25) is 5.91 Å². The minimum Gasteiger partial charge on any atom is -0.497 e. The van der Waals surface area contributed by atoms with Gasteiger partial charge in [0.05, 0.1) is 25.2 Å². The van der Waals surface area contributed by atoms with Crippen LogP contribution in [0.5, 0.6) is 5.75 Å². The fourth-order valence-electron chi connectivity index (χ4n) is 2.72. The standard InChI is InChI=1S/C14H12N4O6/c1-23-8-5-3-7(4-6-8)17-12(19)9-10(14(21)24-2)15-18(16-22)11(9)13(17)20/h3-6,9,11H,1-2H3/t9-,11-/m0/s1. The van der Waals surface area contributed by atoms with Crippen LogP contribution < -0.4 is 9.64 Å².